The van der Waals surface area contributed by atoms with Crippen molar-refractivity contribution in [3.05, 3.63) is 167 Å². The van der Waals surface area contributed by atoms with E-state index in [-0.39, 0.29) is 22.7 Å². The van der Waals surface area contributed by atoms with Crippen molar-refractivity contribution >= 4 is 11.0 Å². The van der Waals surface area contributed by atoms with E-state index in [1.165, 1.54) is 5.56 Å². The number of pyridine rings is 1. The van der Waals surface area contributed by atoms with Gasteiger partial charge in [0.1, 0.15) is 23.9 Å². The zero-order valence-corrected chi connectivity index (χ0v) is 33.0. The van der Waals surface area contributed by atoms with E-state index < -0.39 is 65.6 Å². The number of fused-ring (bicyclic) bond motifs is 5. The summed E-state index contributed by atoms with van der Waals surface area (Å²) in [7, 11) is 0. The van der Waals surface area contributed by atoms with Gasteiger partial charge in [-0.25, -0.2) is 0 Å². The van der Waals surface area contributed by atoms with E-state index in [1.54, 1.807) is 4.57 Å². The van der Waals surface area contributed by atoms with E-state index in [0.717, 1.165) is 61.5 Å². The third-order valence-electron chi connectivity index (χ3n) is 11.9. The summed E-state index contributed by atoms with van der Waals surface area (Å²) in [4.78, 5) is 0. The van der Waals surface area contributed by atoms with E-state index in [9.17, 15) is 4.11 Å². The molecule has 4 nitrogen and oxygen atoms in total. The molecular formula is C53H47N3O+2. The largest absolute Gasteiger partial charge is 0.499 e. The second kappa shape index (κ2) is 11.4. The number of imidazole rings is 1. The maximum absolute atomic E-state index is 10.2. The van der Waals surface area contributed by atoms with E-state index in [0.29, 0.717) is 16.9 Å². The number of para-hydroxylation sites is 2. The van der Waals surface area contributed by atoms with Gasteiger partial charge in [0.15, 0.2) is 17.2 Å². The predicted octanol–water partition coefficient (Wildman–Crippen LogP) is 12.0. The number of rotatable bonds is 3. The van der Waals surface area contributed by atoms with Gasteiger partial charge < -0.3 is 4.74 Å². The van der Waals surface area contributed by atoms with Crippen LogP contribution in [0.4, 0.5) is 0 Å². The number of aryl methyl sites for hydroxylation is 1. The molecular weight excluding hydrogens is 695 g/mol. The highest BCUT2D eigenvalue weighted by Gasteiger charge is 2.68. The first-order valence-electron chi connectivity index (χ1n) is 24.5. The van der Waals surface area contributed by atoms with E-state index >= 15 is 0 Å². The molecule has 0 fully saturated rings. The molecule has 3 aliphatic rings. The first kappa shape index (κ1) is 25.1. The second-order valence-electron chi connectivity index (χ2n) is 17.6. The molecule has 1 unspecified atom stereocenters. The Balaban J connectivity index is 1.31. The van der Waals surface area contributed by atoms with Crippen LogP contribution in [0.1, 0.15) is 83.1 Å². The van der Waals surface area contributed by atoms with Gasteiger partial charge in [-0.2, -0.15) is 4.57 Å². The van der Waals surface area contributed by atoms with E-state index in [4.69, 9.17) is 14.3 Å². The first-order chi connectivity index (χ1) is 31.5. The van der Waals surface area contributed by atoms with Crippen molar-refractivity contribution in [2.75, 3.05) is 0 Å². The molecule has 0 N–H and O–H groups in total. The lowest BCUT2D eigenvalue weighted by molar-refractivity contribution is -0.997. The second-order valence-corrected chi connectivity index (χ2v) is 17.6. The van der Waals surface area contributed by atoms with Crippen molar-refractivity contribution in [1.29, 1.82) is 0 Å². The van der Waals surface area contributed by atoms with Gasteiger partial charge in [0.25, 0.3) is 0 Å². The van der Waals surface area contributed by atoms with Crippen LogP contribution in [0, 0.1) is 13.8 Å². The summed E-state index contributed by atoms with van der Waals surface area (Å²) < 4.78 is 103. The fourth-order valence-corrected chi connectivity index (χ4v) is 9.03. The molecule has 5 heterocycles. The van der Waals surface area contributed by atoms with Gasteiger partial charge >= 0.3 is 11.7 Å². The number of nitrogens with zero attached hydrogens (tertiary/aromatic N) is 3. The molecule has 11 rings (SSSR count). The number of ether oxygens (including phenoxy) is 1. The van der Waals surface area contributed by atoms with Gasteiger partial charge in [-0.05, 0) is 101 Å². The fraction of sp³-hybridized carbons (Fsp3) is 0.208. The molecule has 1 spiro atoms. The minimum atomic E-state index is -2.96. The summed E-state index contributed by atoms with van der Waals surface area (Å²) >= 11 is 0. The average molecular weight is 752 g/mol. The van der Waals surface area contributed by atoms with Crippen molar-refractivity contribution in [3.8, 4) is 67.5 Å². The Hall–Kier alpha value is -6.26. The van der Waals surface area contributed by atoms with Crippen LogP contribution in [0.3, 0.4) is 0 Å². The Kier molecular flexibility index (Phi) is 5.02. The van der Waals surface area contributed by atoms with Crippen LogP contribution in [0.2, 0.25) is 0 Å². The maximum atomic E-state index is 10.2. The third kappa shape index (κ3) is 4.67. The molecule has 3 aliphatic heterocycles. The minimum absolute atomic E-state index is 0.0400. The summed E-state index contributed by atoms with van der Waals surface area (Å²) in [5, 5.41) is 0. The fourth-order valence-electron chi connectivity index (χ4n) is 9.03. The SMILES string of the molecule is [2H]c1c([2H])c(C([2H])([2H])[2H])c([2H])c([2H])c1-c1c([2H])c([2H])[n+]2c(c1[2H])-c1cc(C(C)(C)C)cc3c1C21Oc2ccccc2-c2n(-c4ccc(C)cc4-c4ccc(C(C)(C)C)cc4)c4cccc-3c4[n+]21. The van der Waals surface area contributed by atoms with Crippen LogP contribution in [0.5, 0.6) is 5.75 Å². The molecule has 4 heteroatoms. The van der Waals surface area contributed by atoms with Gasteiger partial charge in [-0.15, -0.1) is 9.13 Å². The highest BCUT2D eigenvalue weighted by molar-refractivity contribution is 5.98. The Morgan fingerprint density at radius 1 is 0.649 bits per heavy atom. The van der Waals surface area contributed by atoms with Crippen molar-refractivity contribution in [3.63, 3.8) is 0 Å². The quantitative estimate of drug-likeness (QED) is 0.165. The van der Waals surface area contributed by atoms with Gasteiger partial charge in [0.05, 0.1) is 13.8 Å². The average Bonchev–Trinajstić information content (AvgIpc) is 3.77. The molecule has 2 aromatic heterocycles. The van der Waals surface area contributed by atoms with Crippen molar-refractivity contribution in [2.24, 2.45) is 0 Å². The van der Waals surface area contributed by atoms with Crippen LogP contribution in [0.25, 0.3) is 72.7 Å². The normalized spacial score (nSPS) is 18.6. The van der Waals surface area contributed by atoms with E-state index in [2.05, 4.69) is 124 Å². The summed E-state index contributed by atoms with van der Waals surface area (Å²) in [6.45, 7) is 12.0. The van der Waals surface area contributed by atoms with Crippen molar-refractivity contribution < 1.29 is 27.6 Å². The molecule has 0 saturated heterocycles. The number of hydrogen-bond acceptors (Lipinski definition) is 1. The standard InChI is InChI=1S/C53H47N3O/c1-32-16-19-34(20-17-32)36-26-27-54-46(29-36)43-31-38(52(6,7)8)30-42-39-13-11-14-45-49(39)56-50(40-12-9-10-15-47(40)57-53(54,56)48(42)43)55(45)44-25-18-33(2)28-41(44)35-21-23-37(24-22-35)51(3,4)5/h9-31H,1-8H3/q+2/i1D3,16D,17D,19D,20D,26D,27D,29D. The van der Waals surface area contributed by atoms with Gasteiger partial charge in [-0.3, -0.25) is 0 Å². The van der Waals surface area contributed by atoms with Crippen LogP contribution >= 0.6 is 0 Å². The van der Waals surface area contributed by atoms with Crippen LogP contribution in [-0.4, -0.2) is 4.57 Å². The van der Waals surface area contributed by atoms with Crippen LogP contribution in [0.15, 0.2) is 139 Å². The Bertz CT molecular complexity index is 3510. The third-order valence-corrected chi connectivity index (χ3v) is 11.9. The Morgan fingerprint density at radius 2 is 1.39 bits per heavy atom. The number of hydrogen-bond donors (Lipinski definition) is 0. The molecule has 0 aliphatic carbocycles. The molecule has 0 amide bonds. The molecule has 0 saturated carbocycles. The molecule has 57 heavy (non-hydrogen) atoms. The van der Waals surface area contributed by atoms with Crippen LogP contribution in [-0.2, 0) is 16.7 Å². The molecule has 0 radical (unpaired) electrons. The zero-order valence-electron chi connectivity index (χ0n) is 43.0. The minimum Gasteiger partial charge on any atom is -0.392 e. The smallest absolute Gasteiger partial charge is 0.392 e. The Labute approximate surface area is 349 Å². The van der Waals surface area contributed by atoms with Gasteiger partial charge in [0.2, 0.25) is 5.69 Å². The lowest BCUT2D eigenvalue weighted by atomic mass is 9.80. The summed E-state index contributed by atoms with van der Waals surface area (Å²) in [6.07, 6.45) is -0.398. The van der Waals surface area contributed by atoms with Gasteiger partial charge in [-0.1, -0.05) is 125 Å². The molecule has 0 bridgehead atoms. The molecule has 278 valence electrons. The monoisotopic (exact) mass is 751 g/mol. The van der Waals surface area contributed by atoms with E-state index in [1.807, 2.05) is 30.3 Å². The number of aromatic nitrogens is 3. The summed E-state index contributed by atoms with van der Waals surface area (Å²) in [5.74, 6) is -0.464. The lowest BCUT2D eigenvalue weighted by Crippen LogP contribution is -2.78. The topological polar surface area (TPSA) is 21.9 Å². The Morgan fingerprint density at radius 3 is 2.14 bits per heavy atom. The molecule has 6 aromatic carbocycles. The highest BCUT2D eigenvalue weighted by Crippen LogP contribution is 2.54. The highest BCUT2D eigenvalue weighted by atomic mass is 16.5. The maximum Gasteiger partial charge on any atom is 0.499 e. The van der Waals surface area contributed by atoms with Crippen LogP contribution < -0.4 is 13.9 Å². The molecule has 1 atom stereocenters. The van der Waals surface area contributed by atoms with Gasteiger partial charge in [0, 0.05) is 32.9 Å². The van der Waals surface area contributed by atoms with Crippen molar-refractivity contribution in [2.45, 2.75) is 72.0 Å². The lowest BCUT2D eigenvalue weighted by Gasteiger charge is -2.32. The first-order valence-corrected chi connectivity index (χ1v) is 19.5. The van der Waals surface area contributed by atoms with Crippen molar-refractivity contribution in [1.82, 2.24) is 4.57 Å². The summed E-state index contributed by atoms with van der Waals surface area (Å²) in [6, 6.07) is 29.5. The number of benzene rings is 6. The predicted molar refractivity (Wildman–Crippen MR) is 231 cm³/mol. The zero-order chi connectivity index (χ0) is 47.8. The molecule has 8 aromatic rings. The summed E-state index contributed by atoms with van der Waals surface area (Å²) in [5.41, 5.74) is 9.85.